The van der Waals surface area contributed by atoms with E-state index in [-0.39, 0.29) is 12.0 Å². The highest BCUT2D eigenvalue weighted by Gasteiger charge is 2.18. The Hall–Kier alpha value is -0.170. The summed E-state index contributed by atoms with van der Waals surface area (Å²) in [5, 5.41) is 0. The van der Waals surface area contributed by atoms with Crippen LogP contribution in [0.1, 0.15) is 39.5 Å². The van der Waals surface area contributed by atoms with Crippen LogP contribution in [0.3, 0.4) is 0 Å². The van der Waals surface area contributed by atoms with E-state index in [2.05, 4.69) is 9.61 Å². The van der Waals surface area contributed by atoms with E-state index in [1.807, 2.05) is 13.8 Å². The summed E-state index contributed by atoms with van der Waals surface area (Å²) < 4.78 is 25.1. The van der Waals surface area contributed by atoms with E-state index in [1.165, 1.54) is 0 Å². The highest BCUT2D eigenvalue weighted by Crippen LogP contribution is 2.19. The zero-order valence-electron chi connectivity index (χ0n) is 9.32. The Kier molecular flexibility index (Phi) is 4.98. The second-order valence-corrected chi connectivity index (χ2v) is 5.82. The largest absolute Gasteiger partial charge is 0.299 e. The van der Waals surface area contributed by atoms with Gasteiger partial charge in [0.15, 0.2) is 0 Å². The lowest BCUT2D eigenvalue weighted by atomic mass is 10.2. The summed E-state index contributed by atoms with van der Waals surface area (Å²) in [7, 11) is -3.49. The van der Waals surface area contributed by atoms with Crippen LogP contribution in [-0.2, 0) is 15.0 Å². The van der Waals surface area contributed by atoms with Gasteiger partial charge in [0.25, 0.3) is 10.2 Å². The maximum Gasteiger partial charge on any atom is 0.299 e. The molecule has 0 aromatic rings. The molecule has 1 fully saturated rings. The molecule has 5 nitrogen and oxygen atoms in total. The van der Waals surface area contributed by atoms with Crippen molar-refractivity contribution in [3.05, 3.63) is 0 Å². The van der Waals surface area contributed by atoms with Gasteiger partial charge in [0.05, 0.1) is 6.10 Å². The van der Waals surface area contributed by atoms with Crippen LogP contribution < -0.4 is 9.61 Å². The molecule has 0 aromatic heterocycles. The average Bonchev–Trinajstić information content (AvgIpc) is 2.65. The molecule has 0 bridgehead atoms. The quantitative estimate of drug-likeness (QED) is 0.674. The van der Waals surface area contributed by atoms with Gasteiger partial charge in [-0.1, -0.05) is 31.6 Å². The average molecular weight is 236 g/mol. The molecule has 1 aliphatic carbocycles. The minimum Gasteiger partial charge on any atom is -0.283 e. The Labute approximate surface area is 91.7 Å². The molecule has 1 aliphatic rings. The van der Waals surface area contributed by atoms with Crippen LogP contribution in [0.2, 0.25) is 0 Å². The van der Waals surface area contributed by atoms with Gasteiger partial charge in [0.2, 0.25) is 0 Å². The molecule has 0 radical (unpaired) electrons. The first kappa shape index (κ1) is 12.9. The first-order valence-corrected chi connectivity index (χ1v) is 6.90. The van der Waals surface area contributed by atoms with E-state index in [9.17, 15) is 8.42 Å². The van der Waals surface area contributed by atoms with Gasteiger partial charge >= 0.3 is 0 Å². The van der Waals surface area contributed by atoms with Crippen LogP contribution in [0, 0.1) is 5.92 Å². The highest BCUT2D eigenvalue weighted by molar-refractivity contribution is 7.87. The Morgan fingerprint density at radius 2 is 1.93 bits per heavy atom. The Morgan fingerprint density at radius 1 is 1.33 bits per heavy atom. The molecule has 15 heavy (non-hydrogen) atoms. The normalized spacial score (nSPS) is 18.9. The lowest BCUT2D eigenvalue weighted by Gasteiger charge is -2.13. The summed E-state index contributed by atoms with van der Waals surface area (Å²) in [4.78, 5) is 7.22. The third kappa shape index (κ3) is 5.46. The summed E-state index contributed by atoms with van der Waals surface area (Å²) in [6.07, 6.45) is 4.15. The Balaban J connectivity index is 2.23. The molecule has 1 rings (SSSR count). The second kappa shape index (κ2) is 5.79. The molecule has 0 aromatic carbocycles. The molecule has 2 N–H and O–H groups in total. The van der Waals surface area contributed by atoms with E-state index >= 15 is 0 Å². The third-order valence-electron chi connectivity index (χ3n) is 2.31. The number of hydrogen-bond acceptors (Lipinski definition) is 3. The third-order valence-corrected chi connectivity index (χ3v) is 3.17. The molecular formula is C9H20N2O3S. The Morgan fingerprint density at radius 3 is 2.47 bits per heavy atom. The predicted octanol–water partition coefficient (Wildman–Crippen LogP) is 0.941. The van der Waals surface area contributed by atoms with Crippen molar-refractivity contribution in [2.45, 2.75) is 45.6 Å². The minimum absolute atomic E-state index is 0.0422. The summed E-state index contributed by atoms with van der Waals surface area (Å²) in [6, 6.07) is 0. The van der Waals surface area contributed by atoms with Crippen molar-refractivity contribution < 1.29 is 13.3 Å². The molecule has 90 valence electrons. The first-order valence-electron chi connectivity index (χ1n) is 5.41. The summed E-state index contributed by atoms with van der Waals surface area (Å²) in [5.74, 6) is 0.285. The summed E-state index contributed by atoms with van der Waals surface area (Å²) in [6.45, 7) is 4.31. The summed E-state index contributed by atoms with van der Waals surface area (Å²) in [5.41, 5.74) is 0. The van der Waals surface area contributed by atoms with Crippen LogP contribution in [-0.4, -0.2) is 21.1 Å². The van der Waals surface area contributed by atoms with Crippen molar-refractivity contribution in [1.29, 1.82) is 0 Å². The van der Waals surface area contributed by atoms with Crippen LogP contribution >= 0.6 is 0 Å². The monoisotopic (exact) mass is 236 g/mol. The number of nitrogens with one attached hydrogen (secondary N) is 2. The van der Waals surface area contributed by atoms with Crippen LogP contribution in [0.15, 0.2) is 0 Å². The number of hydrogen-bond donors (Lipinski definition) is 2. The van der Waals surface area contributed by atoms with Crippen LogP contribution in [0.25, 0.3) is 0 Å². The first-order chi connectivity index (χ1) is 6.99. The minimum atomic E-state index is -3.49. The molecule has 0 saturated heterocycles. The van der Waals surface area contributed by atoms with Gasteiger partial charge in [-0.05, 0) is 18.8 Å². The van der Waals surface area contributed by atoms with Crippen molar-refractivity contribution in [3.8, 4) is 0 Å². The number of rotatable bonds is 6. The van der Waals surface area contributed by atoms with E-state index in [4.69, 9.17) is 4.84 Å². The van der Waals surface area contributed by atoms with Gasteiger partial charge in [-0.25, -0.2) is 4.72 Å². The topological polar surface area (TPSA) is 67.4 Å². The molecular weight excluding hydrogens is 216 g/mol. The van der Waals surface area contributed by atoms with E-state index in [1.54, 1.807) is 0 Å². The van der Waals surface area contributed by atoms with Gasteiger partial charge < -0.3 is 0 Å². The van der Waals surface area contributed by atoms with Crippen molar-refractivity contribution in [2.24, 2.45) is 5.92 Å². The second-order valence-electron chi connectivity index (χ2n) is 4.35. The Bertz CT molecular complexity index is 271. The highest BCUT2D eigenvalue weighted by atomic mass is 32.2. The zero-order valence-corrected chi connectivity index (χ0v) is 10.1. The van der Waals surface area contributed by atoms with Gasteiger partial charge in [-0.3, -0.25) is 4.84 Å². The smallest absolute Gasteiger partial charge is 0.283 e. The van der Waals surface area contributed by atoms with Crippen LogP contribution in [0.4, 0.5) is 0 Å². The molecule has 0 unspecified atom stereocenters. The van der Waals surface area contributed by atoms with E-state index in [0.29, 0.717) is 6.54 Å². The van der Waals surface area contributed by atoms with E-state index < -0.39 is 10.2 Å². The van der Waals surface area contributed by atoms with E-state index in [0.717, 1.165) is 25.7 Å². The fourth-order valence-electron chi connectivity index (χ4n) is 1.44. The zero-order chi connectivity index (χ0) is 11.3. The molecule has 0 heterocycles. The van der Waals surface area contributed by atoms with Gasteiger partial charge in [0, 0.05) is 6.54 Å². The van der Waals surface area contributed by atoms with Crippen LogP contribution in [0.5, 0.6) is 0 Å². The maximum absolute atomic E-state index is 11.3. The fourth-order valence-corrected chi connectivity index (χ4v) is 2.32. The van der Waals surface area contributed by atoms with Gasteiger partial charge in [-0.15, -0.1) is 0 Å². The SMILES string of the molecule is CC(C)CNS(=O)(=O)NOC1CCCC1. The molecule has 1 saturated carbocycles. The van der Waals surface area contributed by atoms with Crippen molar-refractivity contribution in [3.63, 3.8) is 0 Å². The van der Waals surface area contributed by atoms with Gasteiger partial charge in [-0.2, -0.15) is 8.42 Å². The molecule has 0 aliphatic heterocycles. The molecule has 6 heteroatoms. The van der Waals surface area contributed by atoms with Crippen molar-refractivity contribution in [2.75, 3.05) is 6.54 Å². The van der Waals surface area contributed by atoms with Crippen molar-refractivity contribution >= 4 is 10.2 Å². The lowest BCUT2D eigenvalue weighted by molar-refractivity contribution is 0.0216. The fraction of sp³-hybridized carbons (Fsp3) is 1.00. The maximum atomic E-state index is 11.3. The lowest BCUT2D eigenvalue weighted by Crippen LogP contribution is -2.39. The molecule has 0 amide bonds. The molecule has 0 spiro atoms. The summed E-state index contributed by atoms with van der Waals surface area (Å²) >= 11 is 0. The predicted molar refractivity (Wildman–Crippen MR) is 58.2 cm³/mol. The molecule has 0 atom stereocenters. The van der Waals surface area contributed by atoms with Gasteiger partial charge in [0.1, 0.15) is 0 Å². The van der Waals surface area contributed by atoms with Crippen molar-refractivity contribution in [1.82, 2.24) is 9.61 Å². The standard InChI is InChI=1S/C9H20N2O3S/c1-8(2)7-10-15(12,13)11-14-9-5-3-4-6-9/h8-11H,3-7H2,1-2H3.